The van der Waals surface area contributed by atoms with Crippen molar-refractivity contribution in [3.63, 3.8) is 0 Å². The maximum absolute atomic E-state index is 12.8. The molecule has 0 spiro atoms. The van der Waals surface area contributed by atoms with Gasteiger partial charge in [0.2, 0.25) is 5.78 Å². The van der Waals surface area contributed by atoms with E-state index in [9.17, 15) is 9.18 Å². The van der Waals surface area contributed by atoms with Gasteiger partial charge in [0.1, 0.15) is 5.82 Å². The molecule has 0 aliphatic carbocycles. The molecule has 16 heavy (non-hydrogen) atoms. The lowest BCUT2D eigenvalue weighted by molar-refractivity contribution is 0.104. The molecule has 4 heteroatoms. The number of nitrogens with two attached hydrogens (primary N) is 1. The van der Waals surface area contributed by atoms with Crippen molar-refractivity contribution in [2.24, 2.45) is 0 Å². The van der Waals surface area contributed by atoms with Crippen LogP contribution in [-0.2, 0) is 0 Å². The van der Waals surface area contributed by atoms with Crippen LogP contribution in [0.1, 0.15) is 20.8 Å². The number of carbonyl (C=O) groups excluding carboxylic acids is 1. The highest BCUT2D eigenvalue weighted by Crippen LogP contribution is 2.23. The second kappa shape index (κ2) is 4.06. The molecule has 1 aromatic carbocycles. The van der Waals surface area contributed by atoms with E-state index in [0.29, 0.717) is 10.4 Å². The summed E-state index contributed by atoms with van der Waals surface area (Å²) in [6, 6.07) is 5.70. The van der Waals surface area contributed by atoms with Crippen LogP contribution in [0.3, 0.4) is 0 Å². The van der Waals surface area contributed by atoms with Gasteiger partial charge in [-0.05, 0) is 42.1 Å². The van der Waals surface area contributed by atoms with Crippen LogP contribution >= 0.6 is 11.3 Å². The van der Waals surface area contributed by atoms with Crippen molar-refractivity contribution >= 4 is 22.8 Å². The first kappa shape index (κ1) is 10.8. The minimum absolute atomic E-state index is 0.148. The molecular weight excluding hydrogens is 225 g/mol. The molecular formula is C12H10FNOS. The molecule has 0 unspecified atom stereocenters. The summed E-state index contributed by atoms with van der Waals surface area (Å²) >= 11 is 1.37. The Morgan fingerprint density at radius 2 is 2.12 bits per heavy atom. The van der Waals surface area contributed by atoms with Gasteiger partial charge in [-0.25, -0.2) is 4.39 Å². The summed E-state index contributed by atoms with van der Waals surface area (Å²) in [6.07, 6.45) is 0. The predicted molar refractivity (Wildman–Crippen MR) is 63.3 cm³/mol. The molecule has 0 aliphatic rings. The summed E-state index contributed by atoms with van der Waals surface area (Å²) in [6.45, 7) is 1.86. The zero-order chi connectivity index (χ0) is 11.7. The van der Waals surface area contributed by atoms with Crippen LogP contribution in [0.4, 0.5) is 10.1 Å². The van der Waals surface area contributed by atoms with Crippen molar-refractivity contribution in [3.8, 4) is 0 Å². The van der Waals surface area contributed by atoms with Crippen LogP contribution < -0.4 is 5.73 Å². The van der Waals surface area contributed by atoms with E-state index >= 15 is 0 Å². The fourth-order valence-corrected chi connectivity index (χ4v) is 2.35. The Hall–Kier alpha value is -1.68. The second-order valence-electron chi connectivity index (χ2n) is 3.49. The first-order chi connectivity index (χ1) is 7.59. The maximum atomic E-state index is 12.8. The standard InChI is InChI=1S/C12H10FNOS/c1-7-4-5-16-12(7)11(15)9-3-2-8(13)6-10(9)14/h2-6H,14H2,1H3. The number of rotatable bonds is 2. The normalized spacial score (nSPS) is 10.4. The summed E-state index contributed by atoms with van der Waals surface area (Å²) in [7, 11) is 0. The number of hydrogen-bond donors (Lipinski definition) is 1. The quantitative estimate of drug-likeness (QED) is 0.642. The fourth-order valence-electron chi connectivity index (χ4n) is 1.47. The Morgan fingerprint density at radius 3 is 2.69 bits per heavy atom. The second-order valence-corrected chi connectivity index (χ2v) is 4.41. The molecule has 2 rings (SSSR count). The Labute approximate surface area is 96.5 Å². The minimum atomic E-state index is -0.433. The number of aryl methyl sites for hydroxylation is 1. The van der Waals surface area contributed by atoms with E-state index in [1.54, 1.807) is 0 Å². The van der Waals surface area contributed by atoms with Crippen LogP contribution in [0.5, 0.6) is 0 Å². The van der Waals surface area contributed by atoms with Crippen molar-refractivity contribution < 1.29 is 9.18 Å². The largest absolute Gasteiger partial charge is 0.398 e. The predicted octanol–water partition coefficient (Wildman–Crippen LogP) is 3.01. The SMILES string of the molecule is Cc1ccsc1C(=O)c1ccc(F)cc1N. The van der Waals surface area contributed by atoms with Gasteiger partial charge in [-0.15, -0.1) is 11.3 Å². The molecule has 0 radical (unpaired) electrons. The molecule has 0 aliphatic heterocycles. The summed E-state index contributed by atoms with van der Waals surface area (Å²) in [5.74, 6) is -0.582. The van der Waals surface area contributed by atoms with Gasteiger partial charge in [0.15, 0.2) is 0 Å². The smallest absolute Gasteiger partial charge is 0.205 e. The first-order valence-electron chi connectivity index (χ1n) is 4.73. The Bertz CT molecular complexity index is 548. The molecule has 0 saturated carbocycles. The van der Waals surface area contributed by atoms with E-state index in [2.05, 4.69) is 0 Å². The number of carbonyl (C=O) groups is 1. The maximum Gasteiger partial charge on any atom is 0.205 e. The molecule has 0 bridgehead atoms. The molecule has 2 N–H and O–H groups in total. The summed E-state index contributed by atoms with van der Waals surface area (Å²) in [4.78, 5) is 12.7. The Kier molecular flexibility index (Phi) is 2.75. The van der Waals surface area contributed by atoms with Crippen LogP contribution in [0.25, 0.3) is 0 Å². The van der Waals surface area contributed by atoms with Gasteiger partial charge in [-0.1, -0.05) is 0 Å². The average molecular weight is 235 g/mol. The van der Waals surface area contributed by atoms with Crippen molar-refractivity contribution in [1.29, 1.82) is 0 Å². The zero-order valence-electron chi connectivity index (χ0n) is 8.66. The number of hydrogen-bond acceptors (Lipinski definition) is 3. The average Bonchev–Trinajstić information content (AvgIpc) is 2.63. The number of nitrogen functional groups attached to an aromatic ring is 1. The number of benzene rings is 1. The molecule has 0 fully saturated rings. The summed E-state index contributed by atoms with van der Waals surface area (Å²) in [5.41, 5.74) is 7.07. The van der Waals surface area contributed by atoms with Gasteiger partial charge in [0.25, 0.3) is 0 Å². The molecule has 1 heterocycles. The van der Waals surface area contributed by atoms with E-state index < -0.39 is 5.82 Å². The number of thiophene rings is 1. The van der Waals surface area contributed by atoms with Crippen LogP contribution in [0.2, 0.25) is 0 Å². The number of anilines is 1. The lowest BCUT2D eigenvalue weighted by atomic mass is 10.1. The lowest BCUT2D eigenvalue weighted by Crippen LogP contribution is -2.05. The number of ketones is 1. The molecule has 2 aromatic rings. The van der Waals surface area contributed by atoms with Crippen molar-refractivity contribution in [2.75, 3.05) is 5.73 Å². The minimum Gasteiger partial charge on any atom is -0.398 e. The number of halogens is 1. The van der Waals surface area contributed by atoms with Crippen LogP contribution in [-0.4, -0.2) is 5.78 Å². The van der Waals surface area contributed by atoms with Gasteiger partial charge in [0.05, 0.1) is 4.88 Å². The lowest BCUT2D eigenvalue weighted by Gasteiger charge is -2.04. The van der Waals surface area contributed by atoms with Gasteiger partial charge in [-0.2, -0.15) is 0 Å². The molecule has 0 atom stereocenters. The molecule has 82 valence electrons. The third-order valence-corrected chi connectivity index (χ3v) is 3.34. The summed E-state index contributed by atoms with van der Waals surface area (Å²) < 4.78 is 12.8. The molecule has 0 saturated heterocycles. The third-order valence-electron chi connectivity index (χ3n) is 2.33. The van der Waals surface area contributed by atoms with Gasteiger partial charge >= 0.3 is 0 Å². The van der Waals surface area contributed by atoms with Crippen molar-refractivity contribution in [1.82, 2.24) is 0 Å². The van der Waals surface area contributed by atoms with E-state index in [1.807, 2.05) is 18.4 Å². The van der Waals surface area contributed by atoms with Gasteiger partial charge < -0.3 is 5.73 Å². The van der Waals surface area contributed by atoms with Crippen molar-refractivity contribution in [3.05, 3.63) is 51.5 Å². The Balaban J connectivity index is 2.46. The van der Waals surface area contributed by atoms with Crippen LogP contribution in [0, 0.1) is 12.7 Å². The zero-order valence-corrected chi connectivity index (χ0v) is 9.48. The van der Waals surface area contributed by atoms with Gasteiger partial charge in [-0.3, -0.25) is 4.79 Å². The highest BCUT2D eigenvalue weighted by molar-refractivity contribution is 7.12. The molecule has 0 amide bonds. The Morgan fingerprint density at radius 1 is 1.38 bits per heavy atom. The summed E-state index contributed by atoms with van der Waals surface area (Å²) in [5, 5.41) is 1.85. The third kappa shape index (κ3) is 1.84. The highest BCUT2D eigenvalue weighted by atomic mass is 32.1. The van der Waals surface area contributed by atoms with E-state index in [-0.39, 0.29) is 11.5 Å². The van der Waals surface area contributed by atoms with Crippen LogP contribution in [0.15, 0.2) is 29.6 Å². The van der Waals surface area contributed by atoms with Gasteiger partial charge in [0, 0.05) is 11.3 Å². The highest BCUT2D eigenvalue weighted by Gasteiger charge is 2.15. The van der Waals surface area contributed by atoms with Crippen molar-refractivity contribution in [2.45, 2.75) is 6.92 Å². The first-order valence-corrected chi connectivity index (χ1v) is 5.61. The monoisotopic (exact) mass is 235 g/mol. The fraction of sp³-hybridized carbons (Fsp3) is 0.0833. The van der Waals surface area contributed by atoms with E-state index in [0.717, 1.165) is 11.6 Å². The van der Waals surface area contributed by atoms with E-state index in [1.165, 1.54) is 23.5 Å². The topological polar surface area (TPSA) is 43.1 Å². The molecule has 1 aromatic heterocycles. The molecule has 2 nitrogen and oxygen atoms in total. The van der Waals surface area contributed by atoms with E-state index in [4.69, 9.17) is 5.73 Å².